The van der Waals surface area contributed by atoms with Crippen LogP contribution in [0.1, 0.15) is 37.3 Å². The van der Waals surface area contributed by atoms with Crippen LogP contribution in [0.4, 0.5) is 4.39 Å². The molecular formula is C14H19FN2S. The molecule has 1 fully saturated rings. The molecule has 0 saturated carbocycles. The van der Waals surface area contributed by atoms with E-state index in [1.54, 1.807) is 17.8 Å². The van der Waals surface area contributed by atoms with Gasteiger partial charge in [-0.2, -0.15) is 0 Å². The third kappa shape index (κ3) is 2.56. The van der Waals surface area contributed by atoms with E-state index in [4.69, 9.17) is 0 Å². The largest absolute Gasteiger partial charge is 0.248 e. The van der Waals surface area contributed by atoms with E-state index in [2.05, 4.69) is 16.5 Å². The van der Waals surface area contributed by atoms with Gasteiger partial charge in [-0.05, 0) is 36.6 Å². The Morgan fingerprint density at radius 1 is 1.22 bits per heavy atom. The van der Waals surface area contributed by atoms with Crippen molar-refractivity contribution in [1.82, 2.24) is 10.4 Å². The Balaban J connectivity index is 1.76. The zero-order valence-corrected chi connectivity index (χ0v) is 11.3. The fourth-order valence-corrected chi connectivity index (χ4v) is 3.90. The molecule has 0 aromatic heterocycles. The molecule has 1 aromatic rings. The first-order valence-corrected chi connectivity index (χ1v) is 7.75. The molecule has 2 heterocycles. The highest BCUT2D eigenvalue weighted by Crippen LogP contribution is 2.37. The molecule has 1 aromatic carbocycles. The van der Waals surface area contributed by atoms with E-state index in [-0.39, 0.29) is 11.9 Å². The van der Waals surface area contributed by atoms with Crippen LogP contribution in [0, 0.1) is 5.82 Å². The van der Waals surface area contributed by atoms with E-state index in [9.17, 15) is 4.39 Å². The summed E-state index contributed by atoms with van der Waals surface area (Å²) in [6.07, 6.45) is 4.95. The monoisotopic (exact) mass is 266 g/mol. The Hall–Kier alpha value is -0.580. The quantitative estimate of drug-likeness (QED) is 0.883. The summed E-state index contributed by atoms with van der Waals surface area (Å²) in [6, 6.07) is 5.74. The average molecular weight is 266 g/mol. The van der Waals surface area contributed by atoms with Gasteiger partial charge < -0.3 is 0 Å². The van der Waals surface area contributed by atoms with Crippen molar-refractivity contribution in [3.05, 3.63) is 29.6 Å². The molecule has 1 saturated heterocycles. The summed E-state index contributed by atoms with van der Waals surface area (Å²) in [6.45, 7) is 2.24. The van der Waals surface area contributed by atoms with E-state index >= 15 is 0 Å². The number of hydrogen-bond acceptors (Lipinski definition) is 3. The molecule has 2 aliphatic heterocycles. The Bertz CT molecular complexity index is 418. The number of thioether (sulfide) groups is 1. The van der Waals surface area contributed by atoms with E-state index in [1.165, 1.54) is 19.3 Å². The zero-order chi connectivity index (χ0) is 12.4. The van der Waals surface area contributed by atoms with Crippen molar-refractivity contribution >= 4 is 11.8 Å². The van der Waals surface area contributed by atoms with Crippen molar-refractivity contribution in [3.63, 3.8) is 0 Å². The average Bonchev–Trinajstić information content (AvgIpc) is 2.41. The Labute approximate surface area is 112 Å². The van der Waals surface area contributed by atoms with Crippen molar-refractivity contribution in [3.8, 4) is 0 Å². The van der Waals surface area contributed by atoms with Crippen molar-refractivity contribution < 1.29 is 4.39 Å². The van der Waals surface area contributed by atoms with Crippen LogP contribution in [0.2, 0.25) is 0 Å². The molecule has 1 N–H and O–H groups in total. The second-order valence-electron chi connectivity index (χ2n) is 5.02. The van der Waals surface area contributed by atoms with Gasteiger partial charge in [-0.15, -0.1) is 11.8 Å². The number of fused-ring (bicyclic) bond motifs is 1. The first-order valence-electron chi connectivity index (χ1n) is 6.77. The lowest BCUT2D eigenvalue weighted by molar-refractivity contribution is 0.125. The van der Waals surface area contributed by atoms with Gasteiger partial charge in [-0.3, -0.25) is 0 Å². The molecule has 2 aliphatic rings. The van der Waals surface area contributed by atoms with Crippen LogP contribution in [-0.4, -0.2) is 23.9 Å². The van der Waals surface area contributed by atoms with E-state index in [1.807, 2.05) is 6.07 Å². The number of nitrogens with zero attached hydrogens (tertiary/aromatic N) is 1. The molecule has 0 radical (unpaired) electrons. The summed E-state index contributed by atoms with van der Waals surface area (Å²) in [5.41, 5.74) is 4.73. The summed E-state index contributed by atoms with van der Waals surface area (Å²) < 4.78 is 13.8. The lowest BCUT2D eigenvalue weighted by Crippen LogP contribution is -2.44. The van der Waals surface area contributed by atoms with Gasteiger partial charge in [-0.25, -0.2) is 14.8 Å². The third-order valence-corrected chi connectivity index (χ3v) is 4.88. The summed E-state index contributed by atoms with van der Waals surface area (Å²) >= 11 is 1.65. The fraction of sp³-hybridized carbons (Fsp3) is 0.571. The molecule has 0 spiro atoms. The van der Waals surface area contributed by atoms with E-state index < -0.39 is 0 Å². The zero-order valence-electron chi connectivity index (χ0n) is 10.5. The number of rotatable bonds is 2. The minimum Gasteiger partial charge on any atom is -0.248 e. The number of piperidine rings is 1. The van der Waals surface area contributed by atoms with Crippen molar-refractivity contribution in [2.24, 2.45) is 0 Å². The van der Waals surface area contributed by atoms with Crippen molar-refractivity contribution in [1.29, 1.82) is 0 Å². The summed E-state index contributed by atoms with van der Waals surface area (Å²) in [7, 11) is 0. The topological polar surface area (TPSA) is 15.3 Å². The molecule has 2 nitrogen and oxygen atoms in total. The molecule has 98 valence electrons. The SMILES string of the molecule is Fc1cccc2c1SCCC2NN1CCCCC1. The molecule has 0 aliphatic carbocycles. The van der Waals surface area contributed by atoms with E-state index in [0.717, 1.165) is 35.7 Å². The Morgan fingerprint density at radius 3 is 2.89 bits per heavy atom. The van der Waals surface area contributed by atoms with Gasteiger partial charge in [0, 0.05) is 24.0 Å². The molecule has 0 bridgehead atoms. The van der Waals surface area contributed by atoms with E-state index in [0.29, 0.717) is 0 Å². The van der Waals surface area contributed by atoms with Crippen molar-refractivity contribution in [2.45, 2.75) is 36.6 Å². The first kappa shape index (κ1) is 12.5. The normalized spacial score (nSPS) is 24.8. The fourth-order valence-electron chi connectivity index (χ4n) is 2.76. The molecule has 0 amide bonds. The predicted octanol–water partition coefficient (Wildman–Crippen LogP) is 3.35. The van der Waals surface area contributed by atoms with Gasteiger partial charge in [0.05, 0.1) is 0 Å². The molecule has 4 heteroatoms. The van der Waals surface area contributed by atoms with Crippen LogP contribution in [0.5, 0.6) is 0 Å². The first-order chi connectivity index (χ1) is 8.84. The second kappa shape index (κ2) is 5.59. The highest BCUT2D eigenvalue weighted by atomic mass is 32.2. The standard InChI is InChI=1S/C14H19FN2S/c15-12-6-4-5-11-13(7-10-18-14(11)12)16-17-8-2-1-3-9-17/h4-6,13,16H,1-3,7-10H2. The van der Waals surface area contributed by atoms with Gasteiger partial charge in [-0.1, -0.05) is 18.6 Å². The smallest absolute Gasteiger partial charge is 0.137 e. The van der Waals surface area contributed by atoms with Crippen molar-refractivity contribution in [2.75, 3.05) is 18.8 Å². The van der Waals surface area contributed by atoms with Gasteiger partial charge in [0.2, 0.25) is 0 Å². The van der Waals surface area contributed by atoms with Gasteiger partial charge in [0.15, 0.2) is 0 Å². The Morgan fingerprint density at radius 2 is 2.06 bits per heavy atom. The molecular weight excluding hydrogens is 247 g/mol. The lowest BCUT2D eigenvalue weighted by Gasteiger charge is -2.34. The number of nitrogens with one attached hydrogen (secondary N) is 1. The summed E-state index contributed by atoms with van der Waals surface area (Å²) in [5.74, 6) is 0.932. The summed E-state index contributed by atoms with van der Waals surface area (Å²) in [4.78, 5) is 0.846. The molecule has 1 atom stereocenters. The Kier molecular flexibility index (Phi) is 3.87. The lowest BCUT2D eigenvalue weighted by atomic mass is 10.0. The third-order valence-electron chi connectivity index (χ3n) is 3.72. The number of halogens is 1. The predicted molar refractivity (Wildman–Crippen MR) is 73.0 cm³/mol. The second-order valence-corrected chi connectivity index (χ2v) is 6.13. The maximum Gasteiger partial charge on any atom is 0.137 e. The minimum atomic E-state index is -0.0670. The maximum absolute atomic E-state index is 13.8. The van der Waals surface area contributed by atoms with Gasteiger partial charge >= 0.3 is 0 Å². The van der Waals surface area contributed by atoms with Crippen LogP contribution >= 0.6 is 11.8 Å². The highest BCUT2D eigenvalue weighted by molar-refractivity contribution is 7.99. The molecule has 1 unspecified atom stereocenters. The number of hydrogen-bond donors (Lipinski definition) is 1. The van der Waals surface area contributed by atoms with Crippen LogP contribution < -0.4 is 5.43 Å². The van der Waals surface area contributed by atoms with Gasteiger partial charge in [0.1, 0.15) is 5.82 Å². The maximum atomic E-state index is 13.8. The van der Waals surface area contributed by atoms with Crippen LogP contribution in [0.15, 0.2) is 23.1 Å². The summed E-state index contributed by atoms with van der Waals surface area (Å²) in [5, 5.41) is 2.32. The molecule has 3 rings (SSSR count). The van der Waals surface area contributed by atoms with Crippen LogP contribution in [-0.2, 0) is 0 Å². The van der Waals surface area contributed by atoms with Crippen LogP contribution in [0.3, 0.4) is 0 Å². The number of hydrazine groups is 1. The molecule has 18 heavy (non-hydrogen) atoms. The number of benzene rings is 1. The minimum absolute atomic E-state index is 0.0670. The van der Waals surface area contributed by atoms with Crippen LogP contribution in [0.25, 0.3) is 0 Å². The van der Waals surface area contributed by atoms with Gasteiger partial charge in [0.25, 0.3) is 0 Å². The highest BCUT2D eigenvalue weighted by Gasteiger charge is 2.24.